The van der Waals surface area contributed by atoms with Crippen molar-refractivity contribution in [3.8, 4) is 0 Å². The largest absolute Gasteiger partial charge is 0.387 e. The van der Waals surface area contributed by atoms with Crippen LogP contribution in [0.2, 0.25) is 0 Å². The topological polar surface area (TPSA) is 47.9 Å². The van der Waals surface area contributed by atoms with Crippen LogP contribution in [-0.2, 0) is 14.2 Å². The second kappa shape index (κ2) is 3.53. The monoisotopic (exact) mass is 174 g/mol. The zero-order valence-electron chi connectivity index (χ0n) is 7.48. The van der Waals surface area contributed by atoms with E-state index in [1.165, 1.54) is 14.2 Å². The highest BCUT2D eigenvalue weighted by Gasteiger charge is 2.40. The third-order valence-electron chi connectivity index (χ3n) is 1.92. The van der Waals surface area contributed by atoms with Crippen LogP contribution in [0.15, 0.2) is 12.2 Å². The second-order valence-corrected chi connectivity index (χ2v) is 2.68. The number of rotatable bonds is 3. The molecule has 1 heterocycles. The molecular formula is C8H14O4. The van der Waals surface area contributed by atoms with Crippen LogP contribution in [0, 0.1) is 0 Å². The summed E-state index contributed by atoms with van der Waals surface area (Å²) >= 11 is 0. The van der Waals surface area contributed by atoms with E-state index in [-0.39, 0.29) is 0 Å². The van der Waals surface area contributed by atoms with Crippen molar-refractivity contribution in [1.82, 2.24) is 0 Å². The standard InChI is InChI=1S/C8H14O4/c1-6(9)8(11-3)5-4-7(10-2)12-8/h4-7,9H,1-3H3/t6-,7?,8?/m1/s1. The van der Waals surface area contributed by atoms with Crippen LogP contribution in [0.5, 0.6) is 0 Å². The van der Waals surface area contributed by atoms with Gasteiger partial charge in [-0.15, -0.1) is 0 Å². The van der Waals surface area contributed by atoms with E-state index in [2.05, 4.69) is 0 Å². The molecule has 0 spiro atoms. The molecule has 4 nitrogen and oxygen atoms in total. The van der Waals surface area contributed by atoms with Crippen LogP contribution < -0.4 is 0 Å². The first-order valence-electron chi connectivity index (χ1n) is 3.78. The molecule has 0 aromatic carbocycles. The average Bonchev–Trinajstić information content (AvgIpc) is 2.48. The lowest BCUT2D eigenvalue weighted by molar-refractivity contribution is -0.275. The molecule has 3 atom stereocenters. The van der Waals surface area contributed by atoms with Gasteiger partial charge in [0.05, 0.1) is 0 Å². The molecule has 0 radical (unpaired) electrons. The summed E-state index contributed by atoms with van der Waals surface area (Å²) < 4.78 is 15.3. The van der Waals surface area contributed by atoms with E-state index in [9.17, 15) is 5.11 Å². The highest BCUT2D eigenvalue weighted by molar-refractivity contribution is 5.07. The Morgan fingerprint density at radius 1 is 1.58 bits per heavy atom. The Balaban J connectivity index is 2.68. The molecule has 0 aliphatic carbocycles. The molecule has 1 rings (SSSR count). The first-order chi connectivity index (χ1) is 5.64. The predicted octanol–water partition coefficient (Wildman–Crippen LogP) is 0.269. The van der Waals surface area contributed by atoms with Gasteiger partial charge in [-0.1, -0.05) is 0 Å². The van der Waals surface area contributed by atoms with Crippen molar-refractivity contribution in [3.05, 3.63) is 12.2 Å². The lowest BCUT2D eigenvalue weighted by Gasteiger charge is -2.29. The summed E-state index contributed by atoms with van der Waals surface area (Å²) in [5, 5.41) is 9.36. The Bertz CT molecular complexity index is 178. The van der Waals surface area contributed by atoms with Crippen molar-refractivity contribution >= 4 is 0 Å². The summed E-state index contributed by atoms with van der Waals surface area (Å²) in [5.41, 5.74) is 0. The number of methoxy groups -OCH3 is 2. The lowest BCUT2D eigenvalue weighted by Crippen LogP contribution is -2.42. The van der Waals surface area contributed by atoms with Crippen molar-refractivity contribution in [2.45, 2.75) is 25.1 Å². The Morgan fingerprint density at radius 2 is 2.25 bits per heavy atom. The summed E-state index contributed by atoms with van der Waals surface area (Å²) in [4.78, 5) is 0. The number of ether oxygens (including phenoxy) is 3. The highest BCUT2D eigenvalue weighted by Crippen LogP contribution is 2.27. The molecule has 1 aliphatic heterocycles. The maximum Gasteiger partial charge on any atom is 0.217 e. The Kier molecular flexibility index (Phi) is 2.85. The van der Waals surface area contributed by atoms with Gasteiger partial charge in [0.2, 0.25) is 5.79 Å². The maximum absolute atomic E-state index is 9.36. The van der Waals surface area contributed by atoms with Gasteiger partial charge < -0.3 is 19.3 Å². The molecule has 70 valence electrons. The van der Waals surface area contributed by atoms with Crippen LogP contribution >= 0.6 is 0 Å². The Morgan fingerprint density at radius 3 is 2.50 bits per heavy atom. The molecular weight excluding hydrogens is 160 g/mol. The fourth-order valence-corrected chi connectivity index (χ4v) is 1.12. The van der Waals surface area contributed by atoms with Crippen LogP contribution in [0.4, 0.5) is 0 Å². The molecule has 0 fully saturated rings. The SMILES string of the molecule is COC1C=CC(OC)([C@@H](C)O)O1. The summed E-state index contributed by atoms with van der Waals surface area (Å²) in [6, 6.07) is 0. The van der Waals surface area contributed by atoms with Gasteiger partial charge in [-0.2, -0.15) is 0 Å². The molecule has 0 bridgehead atoms. The third-order valence-corrected chi connectivity index (χ3v) is 1.92. The first kappa shape index (κ1) is 9.67. The molecule has 0 saturated carbocycles. The second-order valence-electron chi connectivity index (χ2n) is 2.68. The zero-order chi connectivity index (χ0) is 9.19. The minimum absolute atomic E-state index is 0.431. The quantitative estimate of drug-likeness (QED) is 0.624. The van der Waals surface area contributed by atoms with Crippen LogP contribution in [0.3, 0.4) is 0 Å². The van der Waals surface area contributed by atoms with Gasteiger partial charge in [-0.05, 0) is 19.1 Å². The number of hydrogen-bond donors (Lipinski definition) is 1. The van der Waals surface area contributed by atoms with Gasteiger partial charge in [0, 0.05) is 14.2 Å². The minimum Gasteiger partial charge on any atom is -0.387 e. The lowest BCUT2D eigenvalue weighted by atomic mass is 10.2. The van der Waals surface area contributed by atoms with Crippen molar-refractivity contribution in [1.29, 1.82) is 0 Å². The molecule has 0 saturated heterocycles. The Labute approximate surface area is 71.7 Å². The summed E-state index contributed by atoms with van der Waals surface area (Å²) in [5.74, 6) is -1.04. The van der Waals surface area contributed by atoms with Gasteiger partial charge in [-0.3, -0.25) is 0 Å². The van der Waals surface area contributed by atoms with E-state index in [1.54, 1.807) is 19.1 Å². The molecule has 0 amide bonds. The number of hydrogen-bond acceptors (Lipinski definition) is 4. The predicted molar refractivity (Wildman–Crippen MR) is 42.4 cm³/mol. The van der Waals surface area contributed by atoms with Gasteiger partial charge in [0.25, 0.3) is 0 Å². The van der Waals surface area contributed by atoms with Gasteiger partial charge >= 0.3 is 0 Å². The normalized spacial score (nSPS) is 37.2. The summed E-state index contributed by atoms with van der Waals surface area (Å²) in [7, 11) is 3.01. The van der Waals surface area contributed by atoms with Crippen LogP contribution in [0.25, 0.3) is 0 Å². The number of aliphatic hydroxyl groups is 1. The van der Waals surface area contributed by atoms with Gasteiger partial charge in [0.15, 0.2) is 6.29 Å². The van der Waals surface area contributed by atoms with E-state index in [1.807, 2.05) is 0 Å². The van der Waals surface area contributed by atoms with Gasteiger partial charge in [0.1, 0.15) is 6.10 Å². The van der Waals surface area contributed by atoms with Crippen molar-refractivity contribution < 1.29 is 19.3 Å². The number of aliphatic hydroxyl groups excluding tert-OH is 1. The van der Waals surface area contributed by atoms with Crippen LogP contribution in [0.1, 0.15) is 6.92 Å². The van der Waals surface area contributed by atoms with Gasteiger partial charge in [-0.25, -0.2) is 0 Å². The molecule has 1 N–H and O–H groups in total. The molecule has 0 aromatic rings. The summed E-state index contributed by atoms with van der Waals surface area (Å²) in [6.45, 7) is 1.60. The van der Waals surface area contributed by atoms with Crippen molar-refractivity contribution in [2.75, 3.05) is 14.2 Å². The first-order valence-corrected chi connectivity index (χ1v) is 3.78. The fraction of sp³-hybridized carbons (Fsp3) is 0.750. The molecule has 0 aromatic heterocycles. The van der Waals surface area contributed by atoms with E-state index >= 15 is 0 Å². The Hall–Kier alpha value is -0.420. The maximum atomic E-state index is 9.36. The highest BCUT2D eigenvalue weighted by atomic mass is 16.8. The fourth-order valence-electron chi connectivity index (χ4n) is 1.12. The molecule has 2 unspecified atom stereocenters. The minimum atomic E-state index is -1.04. The zero-order valence-corrected chi connectivity index (χ0v) is 7.48. The molecule has 12 heavy (non-hydrogen) atoms. The van der Waals surface area contributed by atoms with Crippen molar-refractivity contribution in [3.63, 3.8) is 0 Å². The van der Waals surface area contributed by atoms with Crippen LogP contribution in [-0.4, -0.2) is 37.5 Å². The van der Waals surface area contributed by atoms with E-state index in [0.29, 0.717) is 0 Å². The summed E-state index contributed by atoms with van der Waals surface area (Å²) in [6.07, 6.45) is 2.21. The van der Waals surface area contributed by atoms with E-state index < -0.39 is 18.2 Å². The van der Waals surface area contributed by atoms with E-state index in [0.717, 1.165) is 0 Å². The molecule has 1 aliphatic rings. The van der Waals surface area contributed by atoms with E-state index in [4.69, 9.17) is 14.2 Å². The average molecular weight is 174 g/mol. The van der Waals surface area contributed by atoms with Crippen molar-refractivity contribution in [2.24, 2.45) is 0 Å². The molecule has 4 heteroatoms. The smallest absolute Gasteiger partial charge is 0.217 e. The third kappa shape index (κ3) is 1.51.